The third-order valence-electron chi connectivity index (χ3n) is 7.15. The van der Waals surface area contributed by atoms with E-state index in [1.165, 1.54) is 10.4 Å². The summed E-state index contributed by atoms with van der Waals surface area (Å²) in [7, 11) is -2.61. The van der Waals surface area contributed by atoms with Crippen molar-refractivity contribution in [2.75, 3.05) is 13.2 Å². The smallest absolute Gasteiger partial charge is 0.261 e. The highest BCUT2D eigenvalue weighted by atomic mass is 28.4. The van der Waals surface area contributed by atoms with Crippen LogP contribution in [0.2, 0.25) is 5.04 Å². The van der Waals surface area contributed by atoms with Gasteiger partial charge in [-0.25, -0.2) is 0 Å². The maximum atomic E-state index is 11.0. The molecule has 4 nitrogen and oxygen atoms in total. The molecule has 1 aliphatic heterocycles. The van der Waals surface area contributed by atoms with E-state index >= 15 is 0 Å². The molecule has 0 radical (unpaired) electrons. The van der Waals surface area contributed by atoms with Crippen LogP contribution in [0.25, 0.3) is 0 Å². The van der Waals surface area contributed by atoms with Crippen LogP contribution in [0.1, 0.15) is 39.7 Å². The van der Waals surface area contributed by atoms with Crippen LogP contribution in [0.3, 0.4) is 0 Å². The molecular weight excluding hydrogens is 452 g/mol. The molecule has 5 heteroatoms. The second kappa shape index (κ2) is 10.8. The zero-order chi connectivity index (χ0) is 24.9. The van der Waals surface area contributed by atoms with E-state index in [1.807, 2.05) is 49.4 Å². The van der Waals surface area contributed by atoms with E-state index in [0.717, 1.165) is 5.56 Å². The minimum atomic E-state index is -2.61. The molecule has 3 aromatic rings. The predicted molar refractivity (Wildman–Crippen MR) is 144 cm³/mol. The topological polar surface area (TPSA) is 51.2 Å². The number of ether oxygens (including phenoxy) is 2. The minimum absolute atomic E-state index is 0.0888. The minimum Gasteiger partial charge on any atom is -0.407 e. The van der Waals surface area contributed by atoms with Crippen LogP contribution in [0, 0.1) is 0 Å². The van der Waals surface area contributed by atoms with Crippen molar-refractivity contribution >= 4 is 18.7 Å². The lowest BCUT2D eigenvalue weighted by Gasteiger charge is -2.43. The molecule has 0 unspecified atom stereocenters. The van der Waals surface area contributed by atoms with Crippen molar-refractivity contribution in [2.45, 2.75) is 63.6 Å². The summed E-state index contributed by atoms with van der Waals surface area (Å²) in [6, 6.07) is 31.3. The summed E-state index contributed by atoms with van der Waals surface area (Å²) in [5, 5.41) is 13.4. The summed E-state index contributed by atoms with van der Waals surface area (Å²) in [5.74, 6) is 0. The molecule has 0 aromatic heterocycles. The lowest BCUT2D eigenvalue weighted by Crippen LogP contribution is -2.66. The number of aliphatic hydroxyl groups excluding tert-OH is 1. The molecule has 0 bridgehead atoms. The van der Waals surface area contributed by atoms with Crippen LogP contribution >= 0.6 is 0 Å². The second-order valence-corrected chi connectivity index (χ2v) is 14.9. The van der Waals surface area contributed by atoms with Crippen molar-refractivity contribution in [3.05, 3.63) is 96.6 Å². The third kappa shape index (κ3) is 5.60. The van der Waals surface area contributed by atoms with Crippen LogP contribution in [-0.2, 0) is 20.5 Å². The highest BCUT2D eigenvalue weighted by molar-refractivity contribution is 6.99. The summed E-state index contributed by atoms with van der Waals surface area (Å²) in [6.07, 6.45) is -0.212. The molecule has 0 amide bonds. The highest BCUT2D eigenvalue weighted by Crippen LogP contribution is 2.41. The van der Waals surface area contributed by atoms with Crippen LogP contribution in [0.4, 0.5) is 0 Å². The first-order valence-electron chi connectivity index (χ1n) is 12.5. The molecule has 1 heterocycles. The van der Waals surface area contributed by atoms with Gasteiger partial charge in [-0.05, 0) is 34.3 Å². The average molecular weight is 491 g/mol. The molecule has 1 saturated heterocycles. The van der Waals surface area contributed by atoms with Gasteiger partial charge >= 0.3 is 0 Å². The summed E-state index contributed by atoms with van der Waals surface area (Å²) in [6.45, 7) is 10.2. The van der Waals surface area contributed by atoms with E-state index in [4.69, 9.17) is 13.9 Å². The first kappa shape index (κ1) is 25.8. The number of hydrogen-bond acceptors (Lipinski definition) is 4. The SMILES string of the molecule is CC(C)(C)[Si](OCC[C@@H](O)[C@]1(C)O[C@H]1COCc1ccccc1)(c1ccccc1)c1ccccc1. The monoisotopic (exact) mass is 490 g/mol. The third-order valence-corrected chi connectivity index (χ3v) is 12.2. The van der Waals surface area contributed by atoms with Crippen LogP contribution in [-0.4, -0.2) is 44.4 Å². The van der Waals surface area contributed by atoms with Gasteiger partial charge < -0.3 is 19.0 Å². The van der Waals surface area contributed by atoms with E-state index in [2.05, 4.69) is 69.3 Å². The molecule has 0 saturated carbocycles. The van der Waals surface area contributed by atoms with Gasteiger partial charge in [0.2, 0.25) is 0 Å². The van der Waals surface area contributed by atoms with E-state index in [9.17, 15) is 5.11 Å². The Morgan fingerprint density at radius 2 is 1.40 bits per heavy atom. The molecule has 3 atom stereocenters. The summed E-state index contributed by atoms with van der Waals surface area (Å²) >= 11 is 0. The van der Waals surface area contributed by atoms with Gasteiger partial charge in [-0.15, -0.1) is 0 Å². The Kier molecular flexibility index (Phi) is 7.94. The van der Waals surface area contributed by atoms with E-state index < -0.39 is 20.0 Å². The molecule has 3 aromatic carbocycles. The zero-order valence-electron chi connectivity index (χ0n) is 21.3. The van der Waals surface area contributed by atoms with Crippen molar-refractivity contribution < 1.29 is 19.0 Å². The Morgan fingerprint density at radius 1 is 0.886 bits per heavy atom. The van der Waals surface area contributed by atoms with Crippen LogP contribution in [0.15, 0.2) is 91.0 Å². The maximum Gasteiger partial charge on any atom is 0.261 e. The molecule has 186 valence electrons. The largest absolute Gasteiger partial charge is 0.407 e. The number of hydrogen-bond donors (Lipinski definition) is 1. The summed E-state index contributed by atoms with van der Waals surface area (Å²) in [4.78, 5) is 0. The van der Waals surface area contributed by atoms with Crippen molar-refractivity contribution in [2.24, 2.45) is 0 Å². The molecule has 0 aliphatic carbocycles. The van der Waals surface area contributed by atoms with E-state index in [-0.39, 0.29) is 11.1 Å². The normalized spacial score (nSPS) is 21.0. The summed E-state index contributed by atoms with van der Waals surface area (Å²) < 4.78 is 18.7. The lowest BCUT2D eigenvalue weighted by molar-refractivity contribution is 0.0632. The van der Waals surface area contributed by atoms with Gasteiger partial charge in [-0.1, -0.05) is 112 Å². The molecular formula is C30H38O4Si. The highest BCUT2D eigenvalue weighted by Gasteiger charge is 2.57. The Hall–Kier alpha value is -2.28. The van der Waals surface area contributed by atoms with Gasteiger partial charge in [-0.2, -0.15) is 0 Å². The fourth-order valence-corrected chi connectivity index (χ4v) is 9.57. The first-order valence-corrected chi connectivity index (χ1v) is 14.4. The van der Waals surface area contributed by atoms with Crippen LogP contribution in [0.5, 0.6) is 0 Å². The average Bonchev–Trinajstić information content (AvgIpc) is 3.53. The van der Waals surface area contributed by atoms with Gasteiger partial charge in [-0.3, -0.25) is 0 Å². The predicted octanol–water partition coefficient (Wildman–Crippen LogP) is 4.69. The molecule has 1 fully saturated rings. The molecule has 0 spiro atoms. The fraction of sp³-hybridized carbons (Fsp3) is 0.400. The number of benzene rings is 3. The molecule has 4 rings (SSSR count). The van der Waals surface area contributed by atoms with Gasteiger partial charge in [0.25, 0.3) is 8.32 Å². The van der Waals surface area contributed by atoms with Crippen molar-refractivity contribution in [3.8, 4) is 0 Å². The van der Waals surface area contributed by atoms with Crippen LogP contribution < -0.4 is 10.4 Å². The van der Waals surface area contributed by atoms with E-state index in [0.29, 0.717) is 26.2 Å². The van der Waals surface area contributed by atoms with Crippen molar-refractivity contribution in [3.63, 3.8) is 0 Å². The number of epoxide rings is 1. The number of aliphatic hydroxyl groups is 1. The van der Waals surface area contributed by atoms with Gasteiger partial charge in [0, 0.05) is 6.61 Å². The first-order chi connectivity index (χ1) is 16.8. The van der Waals surface area contributed by atoms with Gasteiger partial charge in [0.15, 0.2) is 0 Å². The molecule has 1 aliphatic rings. The Morgan fingerprint density at radius 3 is 1.91 bits per heavy atom. The second-order valence-electron chi connectivity index (χ2n) is 10.6. The fourth-order valence-electron chi connectivity index (χ4n) is 4.99. The molecule has 35 heavy (non-hydrogen) atoms. The van der Waals surface area contributed by atoms with Gasteiger partial charge in [0.05, 0.1) is 19.3 Å². The number of rotatable bonds is 11. The summed E-state index contributed by atoms with van der Waals surface area (Å²) in [5.41, 5.74) is 0.542. The zero-order valence-corrected chi connectivity index (χ0v) is 22.3. The van der Waals surface area contributed by atoms with E-state index in [1.54, 1.807) is 0 Å². The maximum absolute atomic E-state index is 11.0. The van der Waals surface area contributed by atoms with Crippen molar-refractivity contribution in [1.29, 1.82) is 0 Å². The lowest BCUT2D eigenvalue weighted by atomic mass is 9.98. The van der Waals surface area contributed by atoms with Crippen molar-refractivity contribution in [1.82, 2.24) is 0 Å². The Labute approximate surface area is 211 Å². The standard InChI is InChI=1S/C30H38O4Si/c1-29(2,3)35(25-16-10-6-11-17-25,26-18-12-7-13-19-26)33-21-20-27(31)30(4)28(34-30)23-32-22-24-14-8-5-9-15-24/h5-19,27-28,31H,20-23H2,1-4H3/t27-,28+,30+/m1/s1. The molecule has 1 N–H and O–H groups in total. The quantitative estimate of drug-likeness (QED) is 0.313. The Bertz CT molecular complexity index is 1010. The Balaban J connectivity index is 1.41. The van der Waals surface area contributed by atoms with Gasteiger partial charge in [0.1, 0.15) is 11.7 Å².